The molecule has 0 radical (unpaired) electrons. The maximum absolute atomic E-state index is 12.5. The maximum atomic E-state index is 12.5. The Hall–Kier alpha value is -0.580. The lowest BCUT2D eigenvalue weighted by Crippen LogP contribution is -2.46. The molecule has 0 aliphatic carbocycles. The second-order valence-electron chi connectivity index (χ2n) is 5.20. The van der Waals surface area contributed by atoms with Crippen molar-refractivity contribution < 1.29 is 4.79 Å². The van der Waals surface area contributed by atoms with Gasteiger partial charge in [0, 0.05) is 29.2 Å². The van der Waals surface area contributed by atoms with E-state index in [1.54, 1.807) is 12.1 Å². The number of hydrogen-bond acceptors (Lipinski definition) is 3. The Morgan fingerprint density at radius 3 is 2.68 bits per heavy atom. The number of carbonyl (C=O) groups excluding carboxylic acids is 1. The number of amides is 1. The van der Waals surface area contributed by atoms with E-state index in [2.05, 4.69) is 13.8 Å². The second-order valence-corrected chi connectivity index (χ2v) is 7.78. The number of thioether (sulfide) groups is 1. The van der Waals surface area contributed by atoms with Crippen molar-refractivity contribution in [3.8, 4) is 0 Å². The van der Waals surface area contributed by atoms with Gasteiger partial charge < -0.3 is 10.6 Å². The number of anilines is 1. The normalized spacial score (nSPS) is 18.4. The predicted molar refractivity (Wildman–Crippen MR) is 83.3 cm³/mol. The highest BCUT2D eigenvalue weighted by molar-refractivity contribution is 8.00. The Labute approximate surface area is 127 Å². The Morgan fingerprint density at radius 2 is 2.11 bits per heavy atom. The van der Waals surface area contributed by atoms with Gasteiger partial charge in [-0.1, -0.05) is 23.2 Å². The Bertz CT molecular complexity index is 496. The molecule has 0 unspecified atom stereocenters. The Kier molecular flexibility index (Phi) is 4.23. The minimum atomic E-state index is -0.0429. The van der Waals surface area contributed by atoms with E-state index in [1.807, 2.05) is 16.7 Å². The van der Waals surface area contributed by atoms with Gasteiger partial charge in [0.25, 0.3) is 5.91 Å². The minimum Gasteiger partial charge on any atom is -0.397 e. The molecule has 0 atom stereocenters. The van der Waals surface area contributed by atoms with Crippen molar-refractivity contribution in [2.75, 3.05) is 24.6 Å². The lowest BCUT2D eigenvalue weighted by atomic mass is 10.1. The third-order valence-electron chi connectivity index (χ3n) is 3.02. The molecule has 0 bridgehead atoms. The lowest BCUT2D eigenvalue weighted by Gasteiger charge is -2.37. The van der Waals surface area contributed by atoms with Crippen LogP contribution in [0.25, 0.3) is 0 Å². The lowest BCUT2D eigenvalue weighted by molar-refractivity contribution is 0.0748. The fourth-order valence-corrected chi connectivity index (χ4v) is 3.55. The van der Waals surface area contributed by atoms with Gasteiger partial charge in [-0.2, -0.15) is 11.8 Å². The monoisotopic (exact) mass is 318 g/mol. The zero-order valence-electron chi connectivity index (χ0n) is 10.9. The molecule has 1 aliphatic heterocycles. The maximum Gasteiger partial charge on any atom is 0.254 e. The van der Waals surface area contributed by atoms with Crippen LogP contribution in [0.1, 0.15) is 24.2 Å². The van der Waals surface area contributed by atoms with Gasteiger partial charge in [-0.05, 0) is 26.0 Å². The van der Waals surface area contributed by atoms with E-state index >= 15 is 0 Å². The van der Waals surface area contributed by atoms with Crippen LogP contribution in [0.4, 0.5) is 5.69 Å². The average molecular weight is 319 g/mol. The van der Waals surface area contributed by atoms with E-state index in [1.165, 1.54) is 0 Å². The van der Waals surface area contributed by atoms with Gasteiger partial charge in [-0.25, -0.2) is 0 Å². The largest absolute Gasteiger partial charge is 0.397 e. The van der Waals surface area contributed by atoms with Gasteiger partial charge in [0.1, 0.15) is 0 Å². The van der Waals surface area contributed by atoms with E-state index in [0.29, 0.717) is 21.3 Å². The number of nitrogens with two attached hydrogens (primary N) is 1. The van der Waals surface area contributed by atoms with Crippen LogP contribution < -0.4 is 5.73 Å². The molecule has 2 rings (SSSR count). The highest BCUT2D eigenvalue weighted by Gasteiger charge is 2.30. The molecular weight excluding hydrogens is 303 g/mol. The molecular formula is C13H16Cl2N2OS. The molecule has 3 nitrogen and oxygen atoms in total. The molecule has 1 amide bonds. The fourth-order valence-electron chi connectivity index (χ4n) is 2.11. The van der Waals surface area contributed by atoms with Crippen molar-refractivity contribution >= 4 is 46.6 Å². The van der Waals surface area contributed by atoms with Crippen LogP contribution >= 0.6 is 35.0 Å². The molecule has 1 fully saturated rings. The third kappa shape index (κ3) is 3.30. The summed E-state index contributed by atoms with van der Waals surface area (Å²) < 4.78 is 0.0790. The quantitative estimate of drug-likeness (QED) is 0.805. The first kappa shape index (κ1) is 14.8. The van der Waals surface area contributed by atoms with Crippen LogP contribution in [0.5, 0.6) is 0 Å². The molecule has 1 saturated heterocycles. The summed E-state index contributed by atoms with van der Waals surface area (Å²) >= 11 is 13.8. The molecule has 1 aliphatic rings. The van der Waals surface area contributed by atoms with E-state index in [-0.39, 0.29) is 10.7 Å². The van der Waals surface area contributed by atoms with E-state index in [4.69, 9.17) is 28.9 Å². The van der Waals surface area contributed by atoms with Gasteiger partial charge >= 0.3 is 0 Å². The Morgan fingerprint density at radius 1 is 1.42 bits per heavy atom. The number of carbonyl (C=O) groups is 1. The molecule has 0 saturated carbocycles. The van der Waals surface area contributed by atoms with Crippen LogP contribution in [-0.4, -0.2) is 34.4 Å². The number of nitrogens with zero attached hydrogens (tertiary/aromatic N) is 1. The van der Waals surface area contributed by atoms with Crippen molar-refractivity contribution in [3.05, 3.63) is 27.7 Å². The summed E-state index contributed by atoms with van der Waals surface area (Å²) in [5.41, 5.74) is 6.58. The third-order valence-corrected chi connectivity index (χ3v) is 5.13. The van der Waals surface area contributed by atoms with E-state index < -0.39 is 0 Å². The van der Waals surface area contributed by atoms with E-state index in [0.717, 1.165) is 18.8 Å². The predicted octanol–water partition coefficient (Wildman–Crippen LogP) is 3.54. The molecule has 1 aromatic rings. The number of halogens is 2. The van der Waals surface area contributed by atoms with Gasteiger partial charge in [0.2, 0.25) is 0 Å². The van der Waals surface area contributed by atoms with Gasteiger partial charge in [0.15, 0.2) is 0 Å². The highest BCUT2D eigenvalue weighted by atomic mass is 35.5. The topological polar surface area (TPSA) is 46.3 Å². The Balaban J connectivity index is 2.25. The zero-order valence-corrected chi connectivity index (χ0v) is 13.2. The van der Waals surface area contributed by atoms with Crippen LogP contribution in [0, 0.1) is 0 Å². The van der Waals surface area contributed by atoms with Crippen LogP contribution in [0.2, 0.25) is 10.0 Å². The SMILES string of the molecule is CC1(C)CN(C(=O)c2cc(N)c(Cl)c(Cl)c2)CCS1. The summed E-state index contributed by atoms with van der Waals surface area (Å²) in [4.78, 5) is 14.3. The first-order valence-electron chi connectivity index (χ1n) is 5.98. The fraction of sp³-hybridized carbons (Fsp3) is 0.462. The molecule has 6 heteroatoms. The molecule has 1 aromatic carbocycles. The van der Waals surface area contributed by atoms with Crippen molar-refractivity contribution in [1.29, 1.82) is 0 Å². The van der Waals surface area contributed by atoms with Crippen molar-refractivity contribution in [2.24, 2.45) is 0 Å². The number of benzene rings is 1. The number of nitrogen functional groups attached to an aromatic ring is 1. The van der Waals surface area contributed by atoms with E-state index in [9.17, 15) is 4.79 Å². The molecule has 1 heterocycles. The van der Waals surface area contributed by atoms with Crippen molar-refractivity contribution in [1.82, 2.24) is 4.90 Å². The zero-order chi connectivity index (χ0) is 14.2. The van der Waals surface area contributed by atoms with Crippen molar-refractivity contribution in [3.63, 3.8) is 0 Å². The van der Waals surface area contributed by atoms with Crippen LogP contribution in [-0.2, 0) is 0 Å². The summed E-state index contributed by atoms with van der Waals surface area (Å²) in [6.45, 7) is 5.74. The average Bonchev–Trinajstić information content (AvgIpc) is 2.33. The molecule has 0 spiro atoms. The van der Waals surface area contributed by atoms with Crippen LogP contribution in [0.3, 0.4) is 0 Å². The summed E-state index contributed by atoms with van der Waals surface area (Å²) in [6.07, 6.45) is 0. The number of hydrogen-bond donors (Lipinski definition) is 1. The molecule has 19 heavy (non-hydrogen) atoms. The van der Waals surface area contributed by atoms with Crippen LogP contribution in [0.15, 0.2) is 12.1 Å². The van der Waals surface area contributed by atoms with Gasteiger partial charge in [-0.3, -0.25) is 4.79 Å². The first-order chi connectivity index (χ1) is 8.80. The summed E-state index contributed by atoms with van der Waals surface area (Å²) in [6, 6.07) is 3.17. The second kappa shape index (κ2) is 5.43. The highest BCUT2D eigenvalue weighted by Crippen LogP contribution is 2.32. The van der Waals surface area contributed by atoms with Crippen molar-refractivity contribution in [2.45, 2.75) is 18.6 Å². The standard InChI is InChI=1S/C13H16Cl2N2OS/c1-13(2)7-17(3-4-19-13)12(18)8-5-9(14)11(15)10(16)6-8/h5-6H,3-4,7,16H2,1-2H3. The smallest absolute Gasteiger partial charge is 0.254 e. The van der Waals surface area contributed by atoms with Gasteiger partial charge in [0.05, 0.1) is 15.7 Å². The minimum absolute atomic E-state index is 0.0429. The molecule has 0 aromatic heterocycles. The van der Waals surface area contributed by atoms with Gasteiger partial charge in [-0.15, -0.1) is 0 Å². The summed E-state index contributed by atoms with van der Waals surface area (Å²) in [7, 11) is 0. The summed E-state index contributed by atoms with van der Waals surface area (Å²) in [5.74, 6) is 0.897. The first-order valence-corrected chi connectivity index (χ1v) is 7.72. The molecule has 2 N–H and O–H groups in total. The number of rotatable bonds is 1. The molecule has 104 valence electrons. The summed E-state index contributed by atoms with van der Waals surface area (Å²) in [5, 5.41) is 0.614.